The van der Waals surface area contributed by atoms with Crippen molar-refractivity contribution in [3.63, 3.8) is 0 Å². The fraction of sp³-hybridized carbons (Fsp3) is 0.556. The molecule has 4 N–H and O–H groups in total. The zero-order chi connectivity index (χ0) is 32.6. The van der Waals surface area contributed by atoms with E-state index in [1.807, 2.05) is 13.0 Å². The highest BCUT2D eigenvalue weighted by atomic mass is 19.1. The molecular weight excluding hydrogens is 602 g/mol. The predicted molar refractivity (Wildman–Crippen MR) is 175 cm³/mol. The Labute approximate surface area is 272 Å². The summed E-state index contributed by atoms with van der Waals surface area (Å²) in [6, 6.07) is 8.67. The molecule has 2 aliphatic heterocycles. The lowest BCUT2D eigenvalue weighted by atomic mass is 9.79. The number of nitrogens with two attached hydrogens (primary N) is 1. The normalized spacial score (nSPS) is 26.6. The van der Waals surface area contributed by atoms with E-state index < -0.39 is 12.4 Å². The summed E-state index contributed by atoms with van der Waals surface area (Å²) in [6.07, 6.45) is 5.28. The molecule has 11 heteroatoms. The predicted octanol–water partition coefficient (Wildman–Crippen LogP) is 4.59. The minimum atomic E-state index is -1.13. The van der Waals surface area contributed by atoms with Crippen LogP contribution >= 0.6 is 0 Å². The van der Waals surface area contributed by atoms with E-state index in [4.69, 9.17) is 10.8 Å². The van der Waals surface area contributed by atoms with Crippen LogP contribution in [0.4, 0.5) is 8.78 Å². The van der Waals surface area contributed by atoms with E-state index in [0.717, 1.165) is 84.3 Å². The summed E-state index contributed by atoms with van der Waals surface area (Å²) in [5, 5.41) is 26.5. The van der Waals surface area contributed by atoms with Gasteiger partial charge in [-0.05, 0) is 99.6 Å². The largest absolute Gasteiger partial charge is 0.393 e. The van der Waals surface area contributed by atoms with Crippen molar-refractivity contribution >= 4 is 22.3 Å². The third-order valence-corrected chi connectivity index (χ3v) is 11.1. The number of carbonyl (C=O) groups is 1. The maximum atomic E-state index is 15.3. The van der Waals surface area contributed by atoms with Crippen LogP contribution < -0.4 is 5.73 Å². The molecule has 3 atom stereocenters. The molecule has 2 saturated heterocycles. The number of alkyl halides is 1. The number of aromatic nitrogens is 3. The first kappa shape index (κ1) is 30.9. The summed E-state index contributed by atoms with van der Waals surface area (Å²) >= 11 is 0. The monoisotopic (exact) mass is 646 g/mol. The lowest BCUT2D eigenvalue weighted by Crippen LogP contribution is -2.50. The van der Waals surface area contributed by atoms with Crippen LogP contribution in [0.25, 0.3) is 27.8 Å². The van der Waals surface area contributed by atoms with Crippen molar-refractivity contribution in [2.75, 3.05) is 26.2 Å². The highest BCUT2D eigenvalue weighted by molar-refractivity contribution is 5.95. The molecule has 8 rings (SSSR count). The third kappa shape index (κ3) is 5.75. The molecule has 1 aromatic carbocycles. The highest BCUT2D eigenvalue weighted by Crippen LogP contribution is 2.42. The Morgan fingerprint density at radius 2 is 1.85 bits per heavy atom. The van der Waals surface area contributed by atoms with Crippen molar-refractivity contribution in [1.82, 2.24) is 24.0 Å². The number of aliphatic hydroxyl groups is 2. The SMILES string of the molecule is Cc1c(-c2cc3cc(F)cc(C4CCN(C(O)C5CC(O)C5)CC4)c3n2CC2CC2)nn2cc(C(=O)N3C[C@H](N)C[C@@H](F)C3)ccc12. The molecule has 5 heterocycles. The summed E-state index contributed by atoms with van der Waals surface area (Å²) in [5.74, 6) is 0.331. The van der Waals surface area contributed by atoms with Gasteiger partial charge in [0.2, 0.25) is 0 Å². The van der Waals surface area contributed by atoms with E-state index in [2.05, 4.69) is 15.5 Å². The molecule has 4 aliphatic rings. The van der Waals surface area contributed by atoms with Gasteiger partial charge in [0.05, 0.1) is 34.9 Å². The first-order valence-electron chi connectivity index (χ1n) is 17.2. The molecule has 0 radical (unpaired) electrons. The van der Waals surface area contributed by atoms with Crippen LogP contribution in [0.1, 0.15) is 72.3 Å². The molecule has 4 fully saturated rings. The molecule has 250 valence electrons. The number of benzene rings is 1. The van der Waals surface area contributed by atoms with Gasteiger partial charge >= 0.3 is 0 Å². The third-order valence-electron chi connectivity index (χ3n) is 11.1. The molecule has 3 aromatic heterocycles. The van der Waals surface area contributed by atoms with Crippen LogP contribution in [-0.4, -0.2) is 90.8 Å². The van der Waals surface area contributed by atoms with Gasteiger partial charge in [-0.1, -0.05) is 0 Å². The number of rotatable bonds is 7. The summed E-state index contributed by atoms with van der Waals surface area (Å²) in [6.45, 7) is 4.68. The molecule has 0 bridgehead atoms. The number of hydrogen-bond donors (Lipinski definition) is 3. The topological polar surface area (TPSA) is 112 Å². The summed E-state index contributed by atoms with van der Waals surface area (Å²) in [5.41, 5.74) is 12.1. The zero-order valence-corrected chi connectivity index (χ0v) is 26.9. The Morgan fingerprint density at radius 1 is 1.09 bits per heavy atom. The summed E-state index contributed by atoms with van der Waals surface area (Å²) in [4.78, 5) is 16.9. The number of halogens is 2. The molecular formula is C36H44F2N6O3. The lowest BCUT2D eigenvalue weighted by Gasteiger charge is -2.43. The second kappa shape index (κ2) is 11.9. The molecule has 1 unspecified atom stereocenters. The molecule has 2 aliphatic carbocycles. The van der Waals surface area contributed by atoms with Gasteiger partial charge in [-0.2, -0.15) is 5.10 Å². The molecule has 4 aromatic rings. The Balaban J connectivity index is 1.13. The zero-order valence-electron chi connectivity index (χ0n) is 26.9. The number of aryl methyl sites for hydroxylation is 1. The molecule has 9 nitrogen and oxygen atoms in total. The second-order valence-electron chi connectivity index (χ2n) is 14.6. The van der Waals surface area contributed by atoms with Gasteiger partial charge in [0.25, 0.3) is 5.91 Å². The van der Waals surface area contributed by atoms with Gasteiger partial charge in [-0.25, -0.2) is 13.3 Å². The molecule has 2 saturated carbocycles. The molecule has 1 amide bonds. The van der Waals surface area contributed by atoms with Crippen LogP contribution in [0.5, 0.6) is 0 Å². The highest BCUT2D eigenvalue weighted by Gasteiger charge is 2.38. The number of hydrogen-bond acceptors (Lipinski definition) is 6. The fourth-order valence-corrected chi connectivity index (χ4v) is 8.28. The summed E-state index contributed by atoms with van der Waals surface area (Å²) < 4.78 is 33.6. The number of aliphatic hydroxyl groups excluding tert-OH is 2. The van der Waals surface area contributed by atoms with Crippen LogP contribution in [0, 0.1) is 24.6 Å². The lowest BCUT2D eigenvalue weighted by molar-refractivity contribution is -0.108. The number of nitrogens with zero attached hydrogens (tertiary/aromatic N) is 5. The molecule has 0 spiro atoms. The van der Waals surface area contributed by atoms with Crippen LogP contribution in [0.3, 0.4) is 0 Å². The standard InChI is InChI=1S/C36H44F2N6O3/c1-20-31-5-4-23(35(46)42-18-27(38)14-28(39)19-42)17-44(31)40-33(20)32-13-24-10-26(37)15-30(34(24)43(32)16-21-2-3-21)22-6-8-41(9-7-22)36(47)25-11-29(45)12-25/h4-5,10,13,15,17,21-22,25,27-29,36,45,47H,2-3,6-9,11-12,14,16,18-19,39H2,1H3/t25?,27-,28-,29?,36?/m1/s1. The van der Waals surface area contributed by atoms with E-state index >= 15 is 4.39 Å². The maximum absolute atomic E-state index is 15.3. The fourth-order valence-electron chi connectivity index (χ4n) is 8.28. The van der Waals surface area contributed by atoms with Crippen molar-refractivity contribution < 1.29 is 23.8 Å². The van der Waals surface area contributed by atoms with Crippen molar-refractivity contribution in [1.29, 1.82) is 0 Å². The van der Waals surface area contributed by atoms with Crippen molar-refractivity contribution in [2.45, 2.75) is 88.9 Å². The number of fused-ring (bicyclic) bond motifs is 2. The Kier molecular flexibility index (Phi) is 7.86. The van der Waals surface area contributed by atoms with Crippen molar-refractivity contribution in [3.05, 3.63) is 59.0 Å². The Bertz CT molecular complexity index is 1810. The number of carbonyl (C=O) groups excluding carboxylic acids is 1. The molecule has 47 heavy (non-hydrogen) atoms. The van der Waals surface area contributed by atoms with Crippen LogP contribution in [0.2, 0.25) is 0 Å². The van der Waals surface area contributed by atoms with Crippen molar-refractivity contribution in [3.8, 4) is 11.4 Å². The quantitative estimate of drug-likeness (QED) is 0.271. The van der Waals surface area contributed by atoms with Gasteiger partial charge in [-0.15, -0.1) is 0 Å². The smallest absolute Gasteiger partial charge is 0.255 e. The maximum Gasteiger partial charge on any atom is 0.255 e. The first-order valence-corrected chi connectivity index (χ1v) is 17.2. The van der Waals surface area contributed by atoms with Gasteiger partial charge in [-0.3, -0.25) is 9.69 Å². The van der Waals surface area contributed by atoms with Gasteiger partial charge in [0.15, 0.2) is 0 Å². The van der Waals surface area contributed by atoms with E-state index in [-0.39, 0.29) is 48.7 Å². The van der Waals surface area contributed by atoms with Gasteiger partial charge < -0.3 is 25.4 Å². The number of piperidine rings is 2. The van der Waals surface area contributed by atoms with Gasteiger partial charge in [0, 0.05) is 55.3 Å². The number of pyridine rings is 1. The summed E-state index contributed by atoms with van der Waals surface area (Å²) in [7, 11) is 0. The average molecular weight is 647 g/mol. The Hall–Kier alpha value is -3.38. The van der Waals surface area contributed by atoms with Crippen LogP contribution in [-0.2, 0) is 6.54 Å². The van der Waals surface area contributed by atoms with E-state index in [1.165, 1.54) is 4.90 Å². The number of likely N-dealkylation sites (tertiary alicyclic amines) is 2. The van der Waals surface area contributed by atoms with Gasteiger partial charge in [0.1, 0.15) is 23.9 Å². The van der Waals surface area contributed by atoms with E-state index in [0.29, 0.717) is 30.9 Å². The second-order valence-corrected chi connectivity index (χ2v) is 14.6. The first-order chi connectivity index (χ1) is 22.6. The number of amides is 1. The average Bonchev–Trinajstić information content (AvgIpc) is 3.71. The van der Waals surface area contributed by atoms with E-state index in [9.17, 15) is 19.4 Å². The minimum absolute atomic E-state index is 0.0401. The Morgan fingerprint density at radius 3 is 2.55 bits per heavy atom. The van der Waals surface area contributed by atoms with E-state index in [1.54, 1.807) is 28.9 Å². The van der Waals surface area contributed by atoms with Crippen molar-refractivity contribution in [2.24, 2.45) is 17.6 Å². The van der Waals surface area contributed by atoms with Crippen LogP contribution in [0.15, 0.2) is 36.5 Å². The minimum Gasteiger partial charge on any atom is -0.393 e.